The van der Waals surface area contributed by atoms with Crippen molar-refractivity contribution in [2.75, 3.05) is 19.6 Å². The molecule has 4 rings (SSSR count). The summed E-state index contributed by atoms with van der Waals surface area (Å²) >= 11 is 0. The Bertz CT molecular complexity index is 358. The molecule has 2 saturated carbocycles. The summed E-state index contributed by atoms with van der Waals surface area (Å²) in [6.07, 6.45) is 7.82. The van der Waals surface area contributed by atoms with Crippen LogP contribution in [0.2, 0.25) is 0 Å². The Morgan fingerprint density at radius 1 is 1.05 bits per heavy atom. The van der Waals surface area contributed by atoms with Crippen molar-refractivity contribution >= 4 is 0 Å². The number of rotatable bonds is 2. The lowest BCUT2D eigenvalue weighted by Gasteiger charge is -2.51. The first-order valence-corrected chi connectivity index (χ1v) is 8.98. The van der Waals surface area contributed by atoms with E-state index < -0.39 is 0 Å². The minimum atomic E-state index is 0.600. The molecule has 7 unspecified atom stereocenters. The fourth-order valence-corrected chi connectivity index (χ4v) is 6.00. The SMILES string of the molecule is CCCN1C(C)NC2CC3CC4CNCC(C4)C3CC21. The average molecular weight is 277 g/mol. The van der Waals surface area contributed by atoms with Crippen LogP contribution >= 0.6 is 0 Å². The number of hydrogen-bond donors (Lipinski definition) is 2. The molecule has 20 heavy (non-hydrogen) atoms. The Morgan fingerprint density at radius 2 is 1.90 bits per heavy atom. The monoisotopic (exact) mass is 277 g/mol. The van der Waals surface area contributed by atoms with E-state index in [1.165, 1.54) is 51.7 Å². The van der Waals surface area contributed by atoms with Gasteiger partial charge in [0, 0.05) is 12.1 Å². The highest BCUT2D eigenvalue weighted by Gasteiger charge is 2.50. The van der Waals surface area contributed by atoms with Crippen LogP contribution in [0.5, 0.6) is 0 Å². The van der Waals surface area contributed by atoms with Crippen molar-refractivity contribution in [3.63, 3.8) is 0 Å². The number of nitrogens with zero attached hydrogens (tertiary/aromatic N) is 1. The van der Waals surface area contributed by atoms with Crippen LogP contribution in [-0.4, -0.2) is 42.8 Å². The van der Waals surface area contributed by atoms with Crippen LogP contribution in [0.25, 0.3) is 0 Å². The van der Waals surface area contributed by atoms with Crippen molar-refractivity contribution < 1.29 is 0 Å². The summed E-state index contributed by atoms with van der Waals surface area (Å²) in [5, 5.41) is 7.60. The normalized spacial score (nSPS) is 51.6. The van der Waals surface area contributed by atoms with Crippen LogP contribution in [0.1, 0.15) is 46.0 Å². The van der Waals surface area contributed by atoms with Gasteiger partial charge >= 0.3 is 0 Å². The lowest BCUT2D eigenvalue weighted by molar-refractivity contribution is 0.0113. The maximum Gasteiger partial charge on any atom is 0.0573 e. The zero-order valence-corrected chi connectivity index (χ0v) is 13.1. The zero-order chi connectivity index (χ0) is 13.7. The second-order valence-electron chi connectivity index (χ2n) is 7.91. The molecule has 0 aromatic rings. The maximum atomic E-state index is 3.90. The third kappa shape index (κ3) is 2.13. The molecule has 0 aromatic heterocycles. The smallest absolute Gasteiger partial charge is 0.0573 e. The van der Waals surface area contributed by atoms with Crippen molar-refractivity contribution in [2.24, 2.45) is 23.7 Å². The quantitative estimate of drug-likeness (QED) is 0.809. The van der Waals surface area contributed by atoms with Gasteiger partial charge in [-0.2, -0.15) is 0 Å². The minimum absolute atomic E-state index is 0.600. The Balaban J connectivity index is 1.52. The second-order valence-corrected chi connectivity index (χ2v) is 7.91. The predicted octanol–water partition coefficient (Wildman–Crippen LogP) is 2.04. The van der Waals surface area contributed by atoms with E-state index in [2.05, 4.69) is 29.4 Å². The molecule has 0 spiro atoms. The molecule has 4 fully saturated rings. The lowest BCUT2D eigenvalue weighted by atomic mass is 9.59. The number of piperidine rings is 1. The van der Waals surface area contributed by atoms with Crippen LogP contribution in [0.4, 0.5) is 0 Å². The highest BCUT2D eigenvalue weighted by molar-refractivity contribution is 5.05. The molecule has 0 aromatic carbocycles. The first-order valence-electron chi connectivity index (χ1n) is 8.98. The summed E-state index contributed by atoms with van der Waals surface area (Å²) in [4.78, 5) is 2.77. The van der Waals surface area contributed by atoms with Gasteiger partial charge in [-0.05, 0) is 82.3 Å². The Morgan fingerprint density at radius 3 is 2.75 bits per heavy atom. The molecule has 4 aliphatic rings. The van der Waals surface area contributed by atoms with Crippen LogP contribution < -0.4 is 10.6 Å². The van der Waals surface area contributed by atoms with Crippen LogP contribution in [0.3, 0.4) is 0 Å². The number of hydrogen-bond acceptors (Lipinski definition) is 3. The van der Waals surface area contributed by atoms with Crippen molar-refractivity contribution in [3.05, 3.63) is 0 Å². The topological polar surface area (TPSA) is 27.3 Å². The van der Waals surface area contributed by atoms with Crippen molar-refractivity contribution in [2.45, 2.75) is 64.2 Å². The van der Waals surface area contributed by atoms with Gasteiger partial charge in [-0.3, -0.25) is 10.2 Å². The molecule has 114 valence electrons. The van der Waals surface area contributed by atoms with Crippen molar-refractivity contribution in [1.29, 1.82) is 0 Å². The molecule has 2 aliphatic carbocycles. The molecule has 3 nitrogen and oxygen atoms in total. The molecular formula is C17H31N3. The molecule has 2 N–H and O–H groups in total. The summed E-state index contributed by atoms with van der Waals surface area (Å²) in [6.45, 7) is 8.56. The summed E-state index contributed by atoms with van der Waals surface area (Å²) < 4.78 is 0. The van der Waals surface area contributed by atoms with E-state index in [0.717, 1.165) is 35.8 Å². The van der Waals surface area contributed by atoms with E-state index in [1.807, 2.05) is 0 Å². The fraction of sp³-hybridized carbons (Fsp3) is 1.00. The lowest BCUT2D eigenvalue weighted by Crippen LogP contribution is -2.53. The van der Waals surface area contributed by atoms with E-state index in [1.54, 1.807) is 0 Å². The van der Waals surface area contributed by atoms with Crippen molar-refractivity contribution in [1.82, 2.24) is 15.5 Å². The van der Waals surface area contributed by atoms with Crippen LogP contribution in [-0.2, 0) is 0 Å². The highest BCUT2D eigenvalue weighted by Crippen LogP contribution is 2.49. The molecule has 2 saturated heterocycles. The fourth-order valence-electron chi connectivity index (χ4n) is 6.00. The Hall–Kier alpha value is -0.120. The second kappa shape index (κ2) is 5.26. The molecule has 2 bridgehead atoms. The predicted molar refractivity (Wildman–Crippen MR) is 82.5 cm³/mol. The zero-order valence-electron chi connectivity index (χ0n) is 13.1. The highest BCUT2D eigenvalue weighted by atomic mass is 15.4. The average Bonchev–Trinajstić information content (AvgIpc) is 2.74. The minimum Gasteiger partial charge on any atom is -0.316 e. The van der Waals surface area contributed by atoms with E-state index in [-0.39, 0.29) is 0 Å². The van der Waals surface area contributed by atoms with Crippen LogP contribution in [0, 0.1) is 23.7 Å². The largest absolute Gasteiger partial charge is 0.316 e. The first kappa shape index (κ1) is 13.5. The number of nitrogens with one attached hydrogen (secondary N) is 2. The summed E-state index contributed by atoms with van der Waals surface area (Å²) in [5.41, 5.74) is 0. The molecule has 3 heteroatoms. The van der Waals surface area contributed by atoms with Gasteiger partial charge in [0.1, 0.15) is 0 Å². The maximum absolute atomic E-state index is 3.90. The van der Waals surface area contributed by atoms with E-state index in [4.69, 9.17) is 0 Å². The van der Waals surface area contributed by atoms with Gasteiger partial charge in [0.25, 0.3) is 0 Å². The van der Waals surface area contributed by atoms with Gasteiger partial charge in [-0.25, -0.2) is 0 Å². The number of fused-ring (bicyclic) bond motifs is 5. The van der Waals surface area contributed by atoms with Crippen molar-refractivity contribution in [3.8, 4) is 0 Å². The summed E-state index contributed by atoms with van der Waals surface area (Å²) in [6, 6.07) is 1.61. The van der Waals surface area contributed by atoms with Gasteiger partial charge in [-0.15, -0.1) is 0 Å². The third-order valence-electron chi connectivity index (χ3n) is 6.72. The van der Waals surface area contributed by atoms with Gasteiger partial charge in [0.2, 0.25) is 0 Å². The van der Waals surface area contributed by atoms with Gasteiger partial charge < -0.3 is 5.32 Å². The third-order valence-corrected chi connectivity index (χ3v) is 6.72. The van der Waals surface area contributed by atoms with E-state index in [0.29, 0.717) is 6.17 Å². The van der Waals surface area contributed by atoms with Crippen LogP contribution in [0.15, 0.2) is 0 Å². The van der Waals surface area contributed by atoms with Gasteiger partial charge in [0.05, 0.1) is 6.17 Å². The standard InChI is InChI=1S/C17H31N3/c1-3-4-20-11(2)19-16-7-13-5-12-6-14(10-18-9-12)15(13)8-17(16)20/h11-19H,3-10H2,1-2H3. The Kier molecular flexibility index (Phi) is 3.56. The molecule has 2 heterocycles. The first-order chi connectivity index (χ1) is 9.76. The summed E-state index contributed by atoms with van der Waals surface area (Å²) in [5.74, 6) is 3.99. The molecular weight excluding hydrogens is 246 g/mol. The Labute approximate surface area is 123 Å². The molecule has 2 aliphatic heterocycles. The van der Waals surface area contributed by atoms with Gasteiger partial charge in [0.15, 0.2) is 0 Å². The van der Waals surface area contributed by atoms with E-state index in [9.17, 15) is 0 Å². The van der Waals surface area contributed by atoms with E-state index >= 15 is 0 Å². The molecule has 0 radical (unpaired) electrons. The summed E-state index contributed by atoms with van der Waals surface area (Å²) in [7, 11) is 0. The molecule has 7 atom stereocenters. The molecule has 0 amide bonds. The van der Waals surface area contributed by atoms with Gasteiger partial charge in [-0.1, -0.05) is 6.92 Å².